The first kappa shape index (κ1) is 15.3. The van der Waals surface area contributed by atoms with E-state index in [0.29, 0.717) is 29.1 Å². The largest absolute Gasteiger partial charge is 0.462 e. The summed E-state index contributed by atoms with van der Waals surface area (Å²) in [6, 6.07) is 3.86. The van der Waals surface area contributed by atoms with Crippen LogP contribution in [-0.2, 0) is 4.74 Å². The van der Waals surface area contributed by atoms with Crippen LogP contribution < -0.4 is 0 Å². The number of aromatic nitrogens is 1. The van der Waals surface area contributed by atoms with Gasteiger partial charge in [-0.3, -0.25) is 4.79 Å². The first-order chi connectivity index (χ1) is 10.0. The van der Waals surface area contributed by atoms with Crippen molar-refractivity contribution in [3.8, 4) is 0 Å². The zero-order valence-corrected chi connectivity index (χ0v) is 13.0. The Morgan fingerprint density at radius 3 is 2.76 bits per heavy atom. The highest BCUT2D eigenvalue weighted by Crippen LogP contribution is 2.20. The van der Waals surface area contributed by atoms with Crippen LogP contribution in [0.4, 0.5) is 0 Å². The number of carbonyl (C=O) groups is 2. The zero-order valence-electron chi connectivity index (χ0n) is 12.2. The minimum Gasteiger partial charge on any atom is -0.462 e. The lowest BCUT2D eigenvalue weighted by Crippen LogP contribution is -2.07. The molecule has 0 saturated carbocycles. The van der Waals surface area contributed by atoms with Gasteiger partial charge in [0.15, 0.2) is 0 Å². The summed E-state index contributed by atoms with van der Waals surface area (Å²) in [6.07, 6.45) is 3.28. The van der Waals surface area contributed by atoms with Crippen LogP contribution in [0, 0.1) is 13.8 Å². The van der Waals surface area contributed by atoms with Crippen molar-refractivity contribution in [1.29, 1.82) is 0 Å². The van der Waals surface area contributed by atoms with E-state index in [4.69, 9.17) is 4.74 Å². The molecule has 1 N–H and O–H groups in total. The Labute approximate surface area is 127 Å². The summed E-state index contributed by atoms with van der Waals surface area (Å²) in [5.41, 5.74) is 2.17. The molecular formula is C16H17NO3S. The van der Waals surface area contributed by atoms with Crippen LogP contribution in [0.15, 0.2) is 23.6 Å². The van der Waals surface area contributed by atoms with Gasteiger partial charge in [0.05, 0.1) is 17.9 Å². The average molecular weight is 303 g/mol. The standard InChI is InChI=1S/C16H17NO3S/c1-4-20-16(19)14-10(2)15(17-11(14)3)13(18)8-7-12-6-5-9-21-12/h5-9,17H,4H2,1-3H3. The lowest BCUT2D eigenvalue weighted by atomic mass is 10.1. The molecule has 0 aliphatic heterocycles. The number of H-pyrrole nitrogens is 1. The molecule has 0 atom stereocenters. The predicted molar refractivity (Wildman–Crippen MR) is 83.9 cm³/mol. The summed E-state index contributed by atoms with van der Waals surface area (Å²) in [7, 11) is 0. The highest BCUT2D eigenvalue weighted by molar-refractivity contribution is 7.10. The molecule has 0 radical (unpaired) electrons. The molecule has 4 nitrogen and oxygen atoms in total. The number of aromatic amines is 1. The van der Waals surface area contributed by atoms with Crippen molar-refractivity contribution in [3.05, 3.63) is 51.0 Å². The Kier molecular flexibility index (Phi) is 4.75. The summed E-state index contributed by atoms with van der Waals surface area (Å²) in [5.74, 6) is -0.551. The van der Waals surface area contributed by atoms with E-state index in [9.17, 15) is 9.59 Å². The van der Waals surface area contributed by atoms with E-state index in [0.717, 1.165) is 4.88 Å². The maximum Gasteiger partial charge on any atom is 0.340 e. The van der Waals surface area contributed by atoms with Crippen molar-refractivity contribution in [2.45, 2.75) is 20.8 Å². The molecule has 5 heteroatoms. The molecule has 0 unspecified atom stereocenters. The molecule has 0 aliphatic carbocycles. The molecule has 0 fully saturated rings. The van der Waals surface area contributed by atoms with Gasteiger partial charge in [-0.2, -0.15) is 0 Å². The van der Waals surface area contributed by atoms with Crippen molar-refractivity contribution >= 4 is 29.2 Å². The van der Waals surface area contributed by atoms with E-state index in [-0.39, 0.29) is 5.78 Å². The molecule has 2 aromatic rings. The first-order valence-corrected chi connectivity index (χ1v) is 7.54. The number of thiophene rings is 1. The summed E-state index contributed by atoms with van der Waals surface area (Å²) in [6.45, 7) is 5.58. The second kappa shape index (κ2) is 6.54. The van der Waals surface area contributed by atoms with Crippen LogP contribution in [0.2, 0.25) is 0 Å². The van der Waals surface area contributed by atoms with Crippen LogP contribution >= 0.6 is 11.3 Å². The zero-order chi connectivity index (χ0) is 15.4. The molecule has 110 valence electrons. The Hall–Kier alpha value is -2.14. The molecule has 21 heavy (non-hydrogen) atoms. The summed E-state index contributed by atoms with van der Waals surface area (Å²) in [5, 5.41) is 1.95. The number of carbonyl (C=O) groups excluding carboxylic acids is 2. The van der Waals surface area contributed by atoms with Crippen molar-refractivity contribution in [3.63, 3.8) is 0 Å². The second-order valence-electron chi connectivity index (χ2n) is 4.56. The van der Waals surface area contributed by atoms with Crippen molar-refractivity contribution in [2.75, 3.05) is 6.61 Å². The van der Waals surface area contributed by atoms with E-state index in [1.807, 2.05) is 17.5 Å². The van der Waals surface area contributed by atoms with E-state index >= 15 is 0 Å². The van der Waals surface area contributed by atoms with E-state index in [1.54, 1.807) is 38.2 Å². The minimum absolute atomic E-state index is 0.153. The molecule has 0 amide bonds. The number of rotatable bonds is 5. The number of ether oxygens (including phenoxy) is 1. The van der Waals surface area contributed by atoms with Crippen LogP contribution in [0.25, 0.3) is 6.08 Å². The lowest BCUT2D eigenvalue weighted by molar-refractivity contribution is 0.0525. The molecule has 2 heterocycles. The molecule has 0 spiro atoms. The highest BCUT2D eigenvalue weighted by atomic mass is 32.1. The normalized spacial score (nSPS) is 11.0. The smallest absolute Gasteiger partial charge is 0.340 e. The molecule has 2 aromatic heterocycles. The number of hydrogen-bond donors (Lipinski definition) is 1. The van der Waals surface area contributed by atoms with Crippen LogP contribution in [-0.4, -0.2) is 23.3 Å². The van der Waals surface area contributed by atoms with Gasteiger partial charge in [-0.15, -0.1) is 11.3 Å². The van der Waals surface area contributed by atoms with E-state index < -0.39 is 5.97 Å². The minimum atomic E-state index is -0.398. The third-order valence-corrected chi connectivity index (χ3v) is 3.94. The third kappa shape index (κ3) is 3.31. The maximum absolute atomic E-state index is 12.2. The Balaban J connectivity index is 2.26. The number of nitrogens with one attached hydrogen (secondary N) is 1. The monoisotopic (exact) mass is 303 g/mol. The number of aryl methyl sites for hydroxylation is 1. The van der Waals surface area contributed by atoms with E-state index in [2.05, 4.69) is 4.98 Å². The Morgan fingerprint density at radius 2 is 2.14 bits per heavy atom. The van der Waals surface area contributed by atoms with Crippen molar-refractivity contribution in [2.24, 2.45) is 0 Å². The molecule has 2 rings (SSSR count). The molecule has 0 aliphatic rings. The molecule has 0 aromatic carbocycles. The van der Waals surface area contributed by atoms with Gasteiger partial charge in [0.25, 0.3) is 0 Å². The predicted octanol–water partition coefficient (Wildman–Crippen LogP) is 3.77. The van der Waals surface area contributed by atoms with Crippen molar-refractivity contribution in [1.82, 2.24) is 4.98 Å². The number of ketones is 1. The topological polar surface area (TPSA) is 59.2 Å². The summed E-state index contributed by atoms with van der Waals surface area (Å²) < 4.78 is 5.01. The fourth-order valence-electron chi connectivity index (χ4n) is 2.13. The van der Waals surface area contributed by atoms with Gasteiger partial charge in [-0.05, 0) is 49.9 Å². The highest BCUT2D eigenvalue weighted by Gasteiger charge is 2.21. The van der Waals surface area contributed by atoms with Crippen LogP contribution in [0.3, 0.4) is 0 Å². The molecular weight excluding hydrogens is 286 g/mol. The van der Waals surface area contributed by atoms with Gasteiger partial charge < -0.3 is 9.72 Å². The summed E-state index contributed by atoms with van der Waals surface area (Å²) >= 11 is 1.56. The molecule has 0 bridgehead atoms. The third-order valence-electron chi connectivity index (χ3n) is 3.11. The number of allylic oxidation sites excluding steroid dienone is 1. The second-order valence-corrected chi connectivity index (χ2v) is 5.54. The van der Waals surface area contributed by atoms with Crippen LogP contribution in [0.5, 0.6) is 0 Å². The van der Waals surface area contributed by atoms with Crippen LogP contribution in [0.1, 0.15) is 43.9 Å². The maximum atomic E-state index is 12.2. The first-order valence-electron chi connectivity index (χ1n) is 6.66. The van der Waals surface area contributed by atoms with Gasteiger partial charge in [-0.25, -0.2) is 4.79 Å². The average Bonchev–Trinajstić information content (AvgIpc) is 3.04. The fraction of sp³-hybridized carbons (Fsp3) is 0.250. The number of hydrogen-bond acceptors (Lipinski definition) is 4. The van der Waals surface area contributed by atoms with E-state index in [1.165, 1.54) is 6.08 Å². The van der Waals surface area contributed by atoms with Gasteiger partial charge in [0.2, 0.25) is 5.78 Å². The SMILES string of the molecule is CCOC(=O)c1c(C)[nH]c(C(=O)C=Cc2cccs2)c1C. The van der Waals surface area contributed by atoms with Gasteiger partial charge >= 0.3 is 5.97 Å². The van der Waals surface area contributed by atoms with Gasteiger partial charge in [0.1, 0.15) is 0 Å². The Bertz CT molecular complexity index is 681. The molecule has 0 saturated heterocycles. The van der Waals surface area contributed by atoms with Gasteiger partial charge in [0, 0.05) is 10.6 Å². The van der Waals surface area contributed by atoms with Crippen molar-refractivity contribution < 1.29 is 14.3 Å². The fourth-order valence-corrected chi connectivity index (χ4v) is 2.75. The van der Waals surface area contributed by atoms with Gasteiger partial charge in [-0.1, -0.05) is 6.07 Å². The number of esters is 1. The Morgan fingerprint density at radius 1 is 1.38 bits per heavy atom. The summed E-state index contributed by atoms with van der Waals surface area (Å²) in [4.78, 5) is 28.1. The quantitative estimate of drug-likeness (QED) is 0.519. The lowest BCUT2D eigenvalue weighted by Gasteiger charge is -2.01.